The van der Waals surface area contributed by atoms with Gasteiger partial charge >= 0.3 is 0 Å². The van der Waals surface area contributed by atoms with Gasteiger partial charge in [-0.15, -0.1) is 0 Å². The van der Waals surface area contributed by atoms with Crippen molar-refractivity contribution in [3.63, 3.8) is 0 Å². The van der Waals surface area contributed by atoms with Gasteiger partial charge in [0.25, 0.3) is 0 Å². The number of nitrogens with zero attached hydrogens (tertiary/aromatic N) is 2. The number of benzene rings is 1. The van der Waals surface area contributed by atoms with E-state index in [4.69, 9.17) is 18.7 Å². The minimum atomic E-state index is 0.0297. The van der Waals surface area contributed by atoms with Gasteiger partial charge in [-0.2, -0.15) is 4.98 Å². The Morgan fingerprint density at radius 2 is 2.00 bits per heavy atom. The quantitative estimate of drug-likeness (QED) is 0.903. The minimum absolute atomic E-state index is 0.0297. The Morgan fingerprint density at radius 1 is 1.15 bits per heavy atom. The van der Waals surface area contributed by atoms with Gasteiger partial charge in [-0.25, -0.2) is 0 Å². The minimum Gasteiger partial charge on any atom is -0.454 e. The summed E-state index contributed by atoms with van der Waals surface area (Å²) in [6.07, 6.45) is 5.71. The Labute approximate surface area is 151 Å². The van der Waals surface area contributed by atoms with Crippen LogP contribution in [0.25, 0.3) is 11.4 Å². The SMILES string of the molecule is CC12CC(NCc3nc(-c4ccc5c(c4)OCO5)no3)(C1)C1(CCC1)O2. The predicted octanol–water partition coefficient (Wildman–Crippen LogP) is 2.80. The first-order valence-corrected chi connectivity index (χ1v) is 9.27. The molecule has 0 atom stereocenters. The van der Waals surface area contributed by atoms with Crippen molar-refractivity contribution in [3.05, 3.63) is 24.1 Å². The Hall–Kier alpha value is -2.12. The summed E-state index contributed by atoms with van der Waals surface area (Å²) in [6, 6.07) is 5.67. The highest BCUT2D eigenvalue weighted by Crippen LogP contribution is 2.66. The molecule has 0 radical (unpaired) electrons. The van der Waals surface area contributed by atoms with Gasteiger partial charge in [0.1, 0.15) is 0 Å². The van der Waals surface area contributed by atoms with E-state index < -0.39 is 0 Å². The van der Waals surface area contributed by atoms with Gasteiger partial charge in [0, 0.05) is 5.56 Å². The Morgan fingerprint density at radius 3 is 2.81 bits per heavy atom. The fourth-order valence-electron chi connectivity index (χ4n) is 5.28. The van der Waals surface area contributed by atoms with Gasteiger partial charge in [0.05, 0.1) is 23.3 Å². The maximum atomic E-state index is 6.40. The van der Waals surface area contributed by atoms with Gasteiger partial charge in [0.2, 0.25) is 18.5 Å². The van der Waals surface area contributed by atoms with Crippen molar-refractivity contribution in [3.8, 4) is 22.9 Å². The second-order valence-corrected chi connectivity index (χ2v) is 8.27. The van der Waals surface area contributed by atoms with Crippen molar-refractivity contribution in [1.82, 2.24) is 15.5 Å². The zero-order valence-electron chi connectivity index (χ0n) is 14.7. The average molecular weight is 355 g/mol. The zero-order chi connectivity index (χ0) is 17.4. The highest BCUT2D eigenvalue weighted by Gasteiger charge is 2.74. The lowest BCUT2D eigenvalue weighted by molar-refractivity contribution is -0.102. The molecule has 1 N–H and O–H groups in total. The largest absolute Gasteiger partial charge is 0.454 e. The molecule has 2 saturated carbocycles. The molecule has 2 saturated heterocycles. The summed E-state index contributed by atoms with van der Waals surface area (Å²) in [5, 5.41) is 7.82. The summed E-state index contributed by atoms with van der Waals surface area (Å²) in [7, 11) is 0. The van der Waals surface area contributed by atoms with E-state index in [1.165, 1.54) is 6.42 Å². The molecule has 7 heteroatoms. The molecular formula is C19H21N3O4. The van der Waals surface area contributed by atoms with E-state index >= 15 is 0 Å². The number of ether oxygens (including phenoxy) is 3. The van der Waals surface area contributed by atoms with E-state index in [9.17, 15) is 0 Å². The van der Waals surface area contributed by atoms with Crippen molar-refractivity contribution in [1.29, 1.82) is 0 Å². The zero-order valence-corrected chi connectivity index (χ0v) is 14.7. The molecule has 1 aromatic carbocycles. The third-order valence-corrected chi connectivity index (χ3v) is 6.50. The molecule has 0 amide bonds. The van der Waals surface area contributed by atoms with Crippen LogP contribution >= 0.6 is 0 Å². The maximum absolute atomic E-state index is 6.40. The van der Waals surface area contributed by atoms with E-state index in [0.29, 0.717) is 18.3 Å². The van der Waals surface area contributed by atoms with Crippen molar-refractivity contribution in [2.24, 2.45) is 0 Å². The highest BCUT2D eigenvalue weighted by molar-refractivity contribution is 5.61. The molecule has 1 aromatic heterocycles. The number of nitrogens with one attached hydrogen (secondary N) is 1. The van der Waals surface area contributed by atoms with Crippen LogP contribution in [0.5, 0.6) is 11.5 Å². The van der Waals surface area contributed by atoms with Crippen LogP contribution in [0.1, 0.15) is 44.9 Å². The molecule has 26 heavy (non-hydrogen) atoms. The van der Waals surface area contributed by atoms with E-state index in [0.717, 1.165) is 42.7 Å². The molecule has 0 unspecified atom stereocenters. The van der Waals surface area contributed by atoms with Gasteiger partial charge in [0.15, 0.2) is 11.5 Å². The summed E-state index contributed by atoms with van der Waals surface area (Å²) in [5.74, 6) is 2.63. The number of aromatic nitrogens is 2. The Bertz CT molecular complexity index is 883. The van der Waals surface area contributed by atoms with E-state index in [1.54, 1.807) is 0 Å². The normalized spacial score (nSPS) is 32.5. The maximum Gasteiger partial charge on any atom is 0.240 e. The van der Waals surface area contributed by atoms with Gasteiger partial charge in [-0.05, 0) is 57.2 Å². The van der Waals surface area contributed by atoms with E-state index in [1.807, 2.05) is 18.2 Å². The van der Waals surface area contributed by atoms with Crippen LogP contribution in [-0.2, 0) is 11.3 Å². The number of hydrogen-bond donors (Lipinski definition) is 1. The van der Waals surface area contributed by atoms with Crippen molar-refractivity contribution >= 4 is 0 Å². The summed E-state index contributed by atoms with van der Waals surface area (Å²) < 4.78 is 22.6. The predicted molar refractivity (Wildman–Crippen MR) is 90.7 cm³/mol. The smallest absolute Gasteiger partial charge is 0.240 e. The van der Waals surface area contributed by atoms with Crippen LogP contribution in [0, 0.1) is 0 Å². The molecule has 2 bridgehead atoms. The lowest BCUT2D eigenvalue weighted by Gasteiger charge is -2.51. The first kappa shape index (κ1) is 15.0. The molecule has 136 valence electrons. The number of rotatable bonds is 4. The summed E-state index contributed by atoms with van der Waals surface area (Å²) in [6.45, 7) is 3.05. The molecular weight excluding hydrogens is 334 g/mol. The summed E-state index contributed by atoms with van der Waals surface area (Å²) >= 11 is 0. The van der Waals surface area contributed by atoms with Crippen LogP contribution in [0.15, 0.2) is 22.7 Å². The third-order valence-electron chi connectivity index (χ3n) is 6.50. The topological polar surface area (TPSA) is 78.6 Å². The second kappa shape index (κ2) is 4.78. The molecule has 4 fully saturated rings. The highest BCUT2D eigenvalue weighted by atomic mass is 16.7. The average Bonchev–Trinajstić information content (AvgIpc) is 3.30. The van der Waals surface area contributed by atoms with Crippen LogP contribution in [-0.4, -0.2) is 33.7 Å². The van der Waals surface area contributed by atoms with Crippen molar-refractivity contribution in [2.45, 2.75) is 62.3 Å². The fourth-order valence-corrected chi connectivity index (χ4v) is 5.28. The van der Waals surface area contributed by atoms with Crippen LogP contribution < -0.4 is 14.8 Å². The van der Waals surface area contributed by atoms with Crippen molar-refractivity contribution < 1.29 is 18.7 Å². The van der Waals surface area contributed by atoms with Crippen LogP contribution in [0.4, 0.5) is 0 Å². The summed E-state index contributed by atoms with van der Waals surface area (Å²) in [5.41, 5.74) is 1.02. The van der Waals surface area contributed by atoms with Crippen LogP contribution in [0.3, 0.4) is 0 Å². The fraction of sp³-hybridized carbons (Fsp3) is 0.579. The van der Waals surface area contributed by atoms with Gasteiger partial charge < -0.3 is 18.7 Å². The third kappa shape index (κ3) is 1.90. The Kier molecular flexibility index (Phi) is 2.75. The molecule has 1 spiro atoms. The lowest BCUT2D eigenvalue weighted by Crippen LogP contribution is -2.65. The second-order valence-electron chi connectivity index (χ2n) is 8.27. The first-order chi connectivity index (χ1) is 12.6. The standard InChI is InChI=1S/C19H21N3O4/c1-17-9-18(10-17,19(26-17)5-2-6-19)20-8-15-21-16(22-25-15)12-3-4-13-14(7-12)24-11-23-13/h3-4,7,20H,2,5-6,8-11H2,1H3. The molecule has 2 aromatic rings. The Balaban J connectivity index is 1.19. The monoisotopic (exact) mass is 355 g/mol. The van der Waals surface area contributed by atoms with Gasteiger partial charge in [-0.1, -0.05) is 5.16 Å². The van der Waals surface area contributed by atoms with Gasteiger partial charge in [-0.3, -0.25) is 5.32 Å². The molecule has 3 aliphatic heterocycles. The lowest BCUT2D eigenvalue weighted by atomic mass is 9.57. The van der Waals surface area contributed by atoms with E-state index in [2.05, 4.69) is 22.4 Å². The molecule has 2 aliphatic carbocycles. The van der Waals surface area contributed by atoms with E-state index in [-0.39, 0.29) is 23.5 Å². The molecule has 7 rings (SSSR count). The van der Waals surface area contributed by atoms with Crippen LogP contribution in [0.2, 0.25) is 0 Å². The molecule has 4 heterocycles. The first-order valence-electron chi connectivity index (χ1n) is 9.27. The number of fused-ring (bicyclic) bond motifs is 1. The molecule has 7 nitrogen and oxygen atoms in total. The molecule has 5 aliphatic rings. The summed E-state index contributed by atoms with van der Waals surface area (Å²) in [4.78, 5) is 4.55. The van der Waals surface area contributed by atoms with Crippen molar-refractivity contribution in [2.75, 3.05) is 6.79 Å². The number of hydrogen-bond acceptors (Lipinski definition) is 7.